The van der Waals surface area contributed by atoms with Gasteiger partial charge >= 0.3 is 5.97 Å². The highest BCUT2D eigenvalue weighted by Gasteiger charge is 2.28. The summed E-state index contributed by atoms with van der Waals surface area (Å²) in [6, 6.07) is -0.254. The third-order valence-corrected chi connectivity index (χ3v) is 2.89. The van der Waals surface area contributed by atoms with E-state index in [0.717, 1.165) is 0 Å². The Morgan fingerprint density at radius 2 is 2.29 bits per heavy atom. The van der Waals surface area contributed by atoms with E-state index in [1.165, 1.54) is 13.2 Å². The van der Waals surface area contributed by atoms with Crippen LogP contribution in [0.2, 0.25) is 0 Å². The molecule has 0 bridgehead atoms. The molecule has 17 heavy (non-hydrogen) atoms. The van der Waals surface area contributed by atoms with Gasteiger partial charge in [0, 0.05) is 25.5 Å². The van der Waals surface area contributed by atoms with Crippen molar-refractivity contribution in [1.29, 1.82) is 0 Å². The van der Waals surface area contributed by atoms with Gasteiger partial charge in [0.2, 0.25) is 0 Å². The number of aliphatic imine (C=N–C) groups is 1. The summed E-state index contributed by atoms with van der Waals surface area (Å²) in [7, 11) is 1.28. The van der Waals surface area contributed by atoms with Crippen molar-refractivity contribution < 1.29 is 19.4 Å². The van der Waals surface area contributed by atoms with Crippen molar-refractivity contribution in [3.8, 4) is 0 Å². The molecule has 1 atom stereocenters. The lowest BCUT2D eigenvalue weighted by Gasteiger charge is -2.18. The summed E-state index contributed by atoms with van der Waals surface area (Å²) in [5.74, 6) is -0.612. The molecule has 1 N–H and O–H groups in total. The smallest absolute Gasteiger partial charge is 0.335 e. The predicted molar refractivity (Wildman–Crippen MR) is 60.9 cm³/mol. The molecule has 0 amide bonds. The van der Waals surface area contributed by atoms with E-state index < -0.39 is 5.97 Å². The highest BCUT2D eigenvalue weighted by Crippen LogP contribution is 2.26. The van der Waals surface area contributed by atoms with Gasteiger partial charge in [0.05, 0.1) is 24.3 Å². The van der Waals surface area contributed by atoms with Gasteiger partial charge in [0.25, 0.3) is 0 Å². The summed E-state index contributed by atoms with van der Waals surface area (Å²) in [6.45, 7) is 0. The number of methoxy groups -OCH3 is 1. The minimum Gasteiger partial charge on any atom is -0.512 e. The number of Topliss-reactive ketones (excluding diaryl/α,β-unsaturated/α-hetero) is 1. The highest BCUT2D eigenvalue weighted by atomic mass is 16.5. The Morgan fingerprint density at radius 3 is 2.71 bits per heavy atom. The number of carbonyl (C=O) groups excluding carboxylic acids is 2. The zero-order valence-corrected chi connectivity index (χ0v) is 9.47. The maximum absolute atomic E-state index is 11.6. The molecule has 2 rings (SSSR count). The predicted octanol–water partition coefficient (Wildman–Crippen LogP) is 1.10. The number of aliphatic hydroxyl groups is 1. The van der Waals surface area contributed by atoms with Crippen molar-refractivity contribution in [3.05, 3.63) is 23.0 Å². The van der Waals surface area contributed by atoms with Gasteiger partial charge in [-0.2, -0.15) is 0 Å². The van der Waals surface area contributed by atoms with E-state index >= 15 is 0 Å². The van der Waals surface area contributed by atoms with Gasteiger partial charge in [-0.1, -0.05) is 0 Å². The van der Waals surface area contributed by atoms with Crippen molar-refractivity contribution in [2.75, 3.05) is 7.11 Å². The monoisotopic (exact) mass is 235 g/mol. The molecule has 0 aromatic rings. The number of hydrogen-bond acceptors (Lipinski definition) is 5. The van der Waals surface area contributed by atoms with Crippen LogP contribution in [0, 0.1) is 0 Å². The molecule has 0 aromatic carbocycles. The first-order valence-electron chi connectivity index (χ1n) is 5.40. The normalized spacial score (nSPS) is 23.9. The van der Waals surface area contributed by atoms with Crippen LogP contribution in [0.15, 0.2) is 28.0 Å². The number of ketones is 1. The summed E-state index contributed by atoms with van der Waals surface area (Å²) in [6.07, 6.45) is 4.40. The second kappa shape index (κ2) is 4.53. The molecule has 5 nitrogen and oxygen atoms in total. The minimum absolute atomic E-state index is 0.0414. The SMILES string of the molecule is COC(=O)/C(=C/C1=C(O)CCC1=O)C1CC=N1. The summed E-state index contributed by atoms with van der Waals surface area (Å²) >= 11 is 0. The number of rotatable bonds is 3. The summed E-state index contributed by atoms with van der Waals surface area (Å²) in [5, 5.41) is 9.56. The number of allylic oxidation sites excluding steroid dienone is 3. The fourth-order valence-corrected chi connectivity index (χ4v) is 1.81. The van der Waals surface area contributed by atoms with Crippen molar-refractivity contribution in [1.82, 2.24) is 0 Å². The van der Waals surface area contributed by atoms with Crippen LogP contribution >= 0.6 is 0 Å². The number of ether oxygens (including phenoxy) is 1. The van der Waals surface area contributed by atoms with Gasteiger partial charge in [-0.25, -0.2) is 4.79 Å². The van der Waals surface area contributed by atoms with E-state index in [-0.39, 0.29) is 23.2 Å². The Balaban J connectivity index is 2.32. The van der Waals surface area contributed by atoms with Crippen LogP contribution < -0.4 is 0 Å². The standard InChI is InChI=1S/C12H13NO4/c1-17-12(16)7(9-4-5-13-9)6-8-10(14)2-3-11(8)15/h5-6,9,14H,2-4H2,1H3/b7-6+. The van der Waals surface area contributed by atoms with Crippen molar-refractivity contribution in [3.63, 3.8) is 0 Å². The van der Waals surface area contributed by atoms with Crippen molar-refractivity contribution >= 4 is 18.0 Å². The quantitative estimate of drug-likeness (QED) is 0.587. The average Bonchev–Trinajstić information content (AvgIpc) is 2.56. The fourth-order valence-electron chi connectivity index (χ4n) is 1.81. The molecule has 0 radical (unpaired) electrons. The first-order chi connectivity index (χ1) is 8.13. The van der Waals surface area contributed by atoms with Gasteiger partial charge < -0.3 is 9.84 Å². The lowest BCUT2D eigenvalue weighted by Crippen LogP contribution is -2.24. The molecule has 90 valence electrons. The van der Waals surface area contributed by atoms with Crippen LogP contribution in [-0.4, -0.2) is 36.2 Å². The zero-order valence-electron chi connectivity index (χ0n) is 9.47. The number of aliphatic hydroxyl groups excluding tert-OH is 1. The lowest BCUT2D eigenvalue weighted by molar-refractivity contribution is -0.136. The molecular formula is C12H13NO4. The van der Waals surface area contributed by atoms with Crippen LogP contribution in [0.3, 0.4) is 0 Å². The van der Waals surface area contributed by atoms with Crippen LogP contribution in [0.5, 0.6) is 0 Å². The molecule has 1 heterocycles. The van der Waals surface area contributed by atoms with E-state index in [1.807, 2.05) is 0 Å². The third-order valence-electron chi connectivity index (χ3n) is 2.89. The first kappa shape index (κ1) is 11.6. The van der Waals surface area contributed by atoms with Crippen LogP contribution in [-0.2, 0) is 14.3 Å². The highest BCUT2D eigenvalue weighted by molar-refractivity contribution is 6.03. The minimum atomic E-state index is -0.508. The Labute approximate surface area is 98.5 Å². The Hall–Kier alpha value is -1.91. The second-order valence-corrected chi connectivity index (χ2v) is 3.96. The Kier molecular flexibility index (Phi) is 3.08. The summed E-state index contributed by atoms with van der Waals surface area (Å²) < 4.78 is 4.65. The second-order valence-electron chi connectivity index (χ2n) is 3.96. The van der Waals surface area contributed by atoms with Gasteiger partial charge in [0.1, 0.15) is 5.76 Å². The van der Waals surface area contributed by atoms with Gasteiger partial charge in [-0.3, -0.25) is 9.79 Å². The van der Waals surface area contributed by atoms with E-state index in [9.17, 15) is 14.7 Å². The maximum Gasteiger partial charge on any atom is 0.335 e. The average molecular weight is 235 g/mol. The number of hydrogen-bond donors (Lipinski definition) is 1. The molecule has 5 heteroatoms. The van der Waals surface area contributed by atoms with Gasteiger partial charge in [-0.15, -0.1) is 0 Å². The first-order valence-corrected chi connectivity index (χ1v) is 5.40. The topological polar surface area (TPSA) is 76.0 Å². The fraction of sp³-hybridized carbons (Fsp3) is 0.417. The molecule has 1 unspecified atom stereocenters. The van der Waals surface area contributed by atoms with Crippen LogP contribution in [0.1, 0.15) is 19.3 Å². The number of nitrogens with zero attached hydrogens (tertiary/aromatic N) is 1. The van der Waals surface area contributed by atoms with E-state index in [0.29, 0.717) is 24.8 Å². The number of esters is 1. The third kappa shape index (κ3) is 2.13. The molecule has 0 spiro atoms. The lowest BCUT2D eigenvalue weighted by atomic mass is 9.98. The Bertz CT molecular complexity index is 459. The van der Waals surface area contributed by atoms with Crippen molar-refractivity contribution in [2.45, 2.75) is 25.3 Å². The Morgan fingerprint density at radius 1 is 1.59 bits per heavy atom. The zero-order chi connectivity index (χ0) is 12.4. The molecule has 1 aliphatic heterocycles. The van der Waals surface area contributed by atoms with Crippen molar-refractivity contribution in [2.24, 2.45) is 4.99 Å². The van der Waals surface area contributed by atoms with Crippen LogP contribution in [0.4, 0.5) is 0 Å². The molecular weight excluding hydrogens is 222 g/mol. The molecule has 2 aliphatic rings. The summed E-state index contributed by atoms with van der Waals surface area (Å²) in [5.41, 5.74) is 0.541. The summed E-state index contributed by atoms with van der Waals surface area (Å²) in [4.78, 5) is 27.1. The molecule has 0 saturated carbocycles. The number of carbonyl (C=O) groups is 2. The molecule has 0 saturated heterocycles. The molecule has 0 aromatic heterocycles. The molecule has 0 fully saturated rings. The van der Waals surface area contributed by atoms with E-state index in [4.69, 9.17) is 0 Å². The largest absolute Gasteiger partial charge is 0.512 e. The van der Waals surface area contributed by atoms with Crippen LogP contribution in [0.25, 0.3) is 0 Å². The molecule has 1 aliphatic carbocycles. The van der Waals surface area contributed by atoms with Gasteiger partial charge in [0.15, 0.2) is 5.78 Å². The van der Waals surface area contributed by atoms with Gasteiger partial charge in [-0.05, 0) is 6.08 Å². The van der Waals surface area contributed by atoms with E-state index in [1.54, 1.807) is 6.21 Å². The maximum atomic E-state index is 11.6. The van der Waals surface area contributed by atoms with E-state index in [2.05, 4.69) is 9.73 Å².